The molecule has 5 N–H and O–H groups in total. The van der Waals surface area contributed by atoms with Crippen LogP contribution in [-0.4, -0.2) is 25.5 Å². The second-order valence-electron chi connectivity index (χ2n) is 14.3. The van der Waals surface area contributed by atoms with E-state index in [1.165, 1.54) is 0 Å². The summed E-state index contributed by atoms with van der Waals surface area (Å²) in [6.07, 6.45) is 0. The lowest BCUT2D eigenvalue weighted by atomic mass is 9.84. The molecule has 11 rings (SSSR count). The van der Waals surface area contributed by atoms with Crippen LogP contribution in [0.2, 0.25) is 0 Å². The van der Waals surface area contributed by atoms with Gasteiger partial charge in [-0.3, -0.25) is 0 Å². The van der Waals surface area contributed by atoms with Gasteiger partial charge in [0.25, 0.3) is 0 Å². The fraction of sp³-hybridized carbons (Fsp3) is 0. The second kappa shape index (κ2) is 12.1. The Morgan fingerprint density at radius 1 is 0.263 bits per heavy atom. The largest absolute Gasteiger partial charge is 0.504 e. The van der Waals surface area contributed by atoms with Crippen LogP contribution in [-0.2, 0) is 0 Å². The van der Waals surface area contributed by atoms with Gasteiger partial charge in [-0.1, -0.05) is 121 Å². The highest BCUT2D eigenvalue weighted by atomic mass is 16.4. The minimum Gasteiger partial charge on any atom is -0.504 e. The zero-order valence-corrected chi connectivity index (χ0v) is 30.0. The van der Waals surface area contributed by atoms with Crippen molar-refractivity contribution in [3.8, 4) is 73.3 Å². The summed E-state index contributed by atoms with van der Waals surface area (Å²) in [5.41, 5.74) is 9.40. The minimum absolute atomic E-state index is 0.189. The summed E-state index contributed by atoms with van der Waals surface area (Å²) in [6, 6.07) is 50.3. The number of hydrogen-bond acceptors (Lipinski definition) is 7. The molecular weight excluding hydrogens is 713 g/mol. The van der Waals surface area contributed by atoms with Gasteiger partial charge in [0.15, 0.2) is 11.5 Å². The molecule has 2 heterocycles. The molecule has 0 atom stereocenters. The Morgan fingerprint density at radius 2 is 0.684 bits per heavy atom. The first kappa shape index (κ1) is 32.5. The van der Waals surface area contributed by atoms with E-state index < -0.39 is 28.7 Å². The zero-order valence-electron chi connectivity index (χ0n) is 30.0. The van der Waals surface area contributed by atoms with Gasteiger partial charge in [0.05, 0.1) is 5.56 Å². The summed E-state index contributed by atoms with van der Waals surface area (Å²) in [5.74, 6) is -4.34. The molecule has 272 valence electrons. The lowest BCUT2D eigenvalue weighted by molar-refractivity contribution is 0.330. The highest BCUT2D eigenvalue weighted by Crippen LogP contribution is 2.58. The third kappa shape index (κ3) is 4.60. The summed E-state index contributed by atoms with van der Waals surface area (Å²) in [6.45, 7) is 0. The zero-order chi connectivity index (χ0) is 38.5. The van der Waals surface area contributed by atoms with Gasteiger partial charge >= 0.3 is 0 Å². The smallest absolute Gasteiger partial charge is 0.208 e. The Morgan fingerprint density at radius 3 is 1.25 bits per heavy atom. The monoisotopic (exact) mass is 742 g/mol. The number of furan rings is 2. The number of aromatic hydroxyl groups is 5. The molecule has 0 aliphatic rings. The molecule has 2 aromatic heterocycles. The molecule has 7 heteroatoms. The van der Waals surface area contributed by atoms with E-state index >= 15 is 0 Å². The van der Waals surface area contributed by atoms with E-state index in [1.807, 2.05) is 103 Å². The average molecular weight is 743 g/mol. The lowest BCUT2D eigenvalue weighted by Crippen LogP contribution is -1.93. The number of benzene rings is 9. The highest BCUT2D eigenvalue weighted by Gasteiger charge is 2.28. The van der Waals surface area contributed by atoms with Gasteiger partial charge in [-0.2, -0.15) is 0 Å². The van der Waals surface area contributed by atoms with Crippen molar-refractivity contribution in [1.29, 1.82) is 0 Å². The molecule has 57 heavy (non-hydrogen) atoms. The summed E-state index contributed by atoms with van der Waals surface area (Å²) >= 11 is 0. The van der Waals surface area contributed by atoms with Gasteiger partial charge in [0.2, 0.25) is 17.2 Å². The summed E-state index contributed by atoms with van der Waals surface area (Å²) in [4.78, 5) is 0. The van der Waals surface area contributed by atoms with Crippen molar-refractivity contribution in [2.24, 2.45) is 0 Å². The molecular formula is C50H30O7. The molecule has 0 saturated heterocycles. The summed E-state index contributed by atoms with van der Waals surface area (Å²) in [7, 11) is 0. The van der Waals surface area contributed by atoms with E-state index in [4.69, 9.17) is 8.83 Å². The van der Waals surface area contributed by atoms with Crippen molar-refractivity contribution in [1.82, 2.24) is 0 Å². The number of rotatable bonds is 4. The van der Waals surface area contributed by atoms with Gasteiger partial charge in [-0.25, -0.2) is 0 Å². The van der Waals surface area contributed by atoms with Crippen molar-refractivity contribution in [3.05, 3.63) is 152 Å². The van der Waals surface area contributed by atoms with Crippen LogP contribution in [0, 0.1) is 0 Å². The number of hydrogen-bond donors (Lipinski definition) is 5. The summed E-state index contributed by atoms with van der Waals surface area (Å²) < 4.78 is 12.7. The fourth-order valence-corrected chi connectivity index (χ4v) is 8.77. The molecule has 0 aliphatic heterocycles. The molecule has 0 radical (unpaired) electrons. The van der Waals surface area contributed by atoms with Gasteiger partial charge in [0.1, 0.15) is 22.3 Å². The first-order valence-electron chi connectivity index (χ1n) is 18.5. The predicted octanol–water partition coefficient (Wildman–Crippen LogP) is 13.0. The van der Waals surface area contributed by atoms with Crippen molar-refractivity contribution in [2.75, 3.05) is 0 Å². The summed E-state index contributed by atoms with van der Waals surface area (Å²) in [5, 5.41) is 60.6. The van der Waals surface area contributed by atoms with Crippen molar-refractivity contribution >= 4 is 65.4 Å². The molecule has 0 saturated carbocycles. The Hall–Kier alpha value is -7.90. The fourth-order valence-electron chi connectivity index (χ4n) is 8.77. The van der Waals surface area contributed by atoms with E-state index in [-0.39, 0.29) is 5.56 Å². The minimum atomic E-state index is -1.00. The highest BCUT2D eigenvalue weighted by molar-refractivity contribution is 6.23. The maximum Gasteiger partial charge on any atom is 0.208 e. The van der Waals surface area contributed by atoms with E-state index in [2.05, 4.69) is 48.5 Å². The van der Waals surface area contributed by atoms with Crippen molar-refractivity contribution in [2.45, 2.75) is 0 Å². The molecule has 0 unspecified atom stereocenters. The van der Waals surface area contributed by atoms with Crippen LogP contribution < -0.4 is 0 Å². The van der Waals surface area contributed by atoms with Crippen LogP contribution in [0.5, 0.6) is 28.7 Å². The third-order valence-corrected chi connectivity index (χ3v) is 11.3. The number of fused-ring (bicyclic) bond motifs is 8. The molecule has 0 fully saturated rings. The van der Waals surface area contributed by atoms with Crippen LogP contribution in [0.15, 0.2) is 160 Å². The lowest BCUT2D eigenvalue weighted by Gasteiger charge is -2.20. The van der Waals surface area contributed by atoms with Crippen LogP contribution in [0.25, 0.3) is 110 Å². The van der Waals surface area contributed by atoms with Gasteiger partial charge in [0, 0.05) is 32.7 Å². The standard InChI is InChI=1S/C50H30O7/c51-46-45(47(52)49(54)50(55)48(46)53)43-31-12-3-1-10-28(31)40(29-11-2-4-13-32(29)43)26-20-22-27(23-21-26)41-33(24-25-39-44(41)35-15-6-8-18-37(35)57-39)30-16-9-19-38-42(30)34-14-5-7-17-36(34)56-38/h1-25,51-55H. The molecule has 0 aliphatic carbocycles. The van der Waals surface area contributed by atoms with E-state index in [0.29, 0.717) is 16.3 Å². The van der Waals surface area contributed by atoms with Gasteiger partial charge < -0.3 is 34.4 Å². The average Bonchev–Trinajstić information content (AvgIpc) is 3.83. The quantitative estimate of drug-likeness (QED) is 0.0690. The van der Waals surface area contributed by atoms with Crippen LogP contribution in [0.3, 0.4) is 0 Å². The van der Waals surface area contributed by atoms with E-state index in [1.54, 1.807) is 0 Å². The molecule has 0 bridgehead atoms. The van der Waals surface area contributed by atoms with Gasteiger partial charge in [-0.05, 0) is 79.7 Å². The van der Waals surface area contributed by atoms with Crippen LogP contribution in [0.4, 0.5) is 0 Å². The normalized spacial score (nSPS) is 11.9. The van der Waals surface area contributed by atoms with Crippen molar-refractivity contribution < 1.29 is 34.4 Å². The van der Waals surface area contributed by atoms with Crippen LogP contribution >= 0.6 is 0 Å². The maximum atomic E-state index is 11.1. The van der Waals surface area contributed by atoms with E-state index in [9.17, 15) is 25.5 Å². The predicted molar refractivity (Wildman–Crippen MR) is 226 cm³/mol. The molecule has 0 spiro atoms. The maximum absolute atomic E-state index is 11.1. The topological polar surface area (TPSA) is 127 Å². The van der Waals surface area contributed by atoms with Gasteiger partial charge in [-0.15, -0.1) is 0 Å². The Balaban J connectivity index is 1.17. The number of para-hydroxylation sites is 2. The third-order valence-electron chi connectivity index (χ3n) is 11.3. The van der Waals surface area contributed by atoms with Crippen LogP contribution in [0.1, 0.15) is 0 Å². The molecule has 11 aromatic rings. The Kier molecular flexibility index (Phi) is 6.88. The first-order valence-corrected chi connectivity index (χ1v) is 18.5. The SMILES string of the molecule is Oc1c(O)c(O)c(-c2c3ccccc3c(-c3ccc(-c4c(-c5cccc6oc7ccccc7c56)ccc5oc6ccccc6c45)cc3)c3ccccc23)c(O)c1O. The molecule has 0 amide bonds. The molecule has 7 nitrogen and oxygen atoms in total. The van der Waals surface area contributed by atoms with E-state index in [0.717, 1.165) is 88.0 Å². The number of phenolic OH excluding ortho intramolecular Hbond substituents is 5. The Bertz CT molecular complexity index is 3380. The Labute approximate surface area is 323 Å². The number of phenols is 5. The molecule has 9 aromatic carbocycles. The first-order chi connectivity index (χ1) is 27.9. The van der Waals surface area contributed by atoms with Crippen molar-refractivity contribution in [3.63, 3.8) is 0 Å². The second-order valence-corrected chi connectivity index (χ2v) is 14.3.